The van der Waals surface area contributed by atoms with Crippen LogP contribution in [-0.4, -0.2) is 46.2 Å². The van der Waals surface area contributed by atoms with Crippen LogP contribution in [0.1, 0.15) is 25.3 Å². The second kappa shape index (κ2) is 9.38. The van der Waals surface area contributed by atoms with Crippen molar-refractivity contribution in [3.8, 4) is 5.75 Å². The Balaban J connectivity index is 1.75. The normalized spacial score (nSPS) is 13.9. The Hall–Kier alpha value is -3.07. The highest BCUT2D eigenvalue weighted by atomic mass is 32.2. The molecule has 0 bridgehead atoms. The molecule has 1 saturated heterocycles. The zero-order valence-electron chi connectivity index (χ0n) is 17.9. The van der Waals surface area contributed by atoms with E-state index in [1.807, 2.05) is 13.8 Å². The first-order valence-electron chi connectivity index (χ1n) is 10.1. The van der Waals surface area contributed by atoms with Crippen LogP contribution in [0.4, 0.5) is 17.1 Å². The second-order valence-corrected chi connectivity index (χ2v) is 9.31. The predicted molar refractivity (Wildman–Crippen MR) is 121 cm³/mol. The van der Waals surface area contributed by atoms with Gasteiger partial charge in [0.25, 0.3) is 0 Å². The van der Waals surface area contributed by atoms with Gasteiger partial charge in [0.1, 0.15) is 12.3 Å². The van der Waals surface area contributed by atoms with Crippen LogP contribution in [0.2, 0.25) is 0 Å². The number of carbonyl (C=O) groups excluding carboxylic acids is 2. The van der Waals surface area contributed by atoms with Crippen molar-refractivity contribution in [2.75, 3.05) is 40.5 Å². The molecule has 1 N–H and O–H groups in total. The molecular formula is C22H27N3O5S. The molecule has 0 unspecified atom stereocenters. The Kier molecular flexibility index (Phi) is 6.84. The van der Waals surface area contributed by atoms with Crippen molar-refractivity contribution < 1.29 is 22.7 Å². The maximum absolute atomic E-state index is 12.6. The number of rotatable bonds is 8. The predicted octanol–water partition coefficient (Wildman–Crippen LogP) is 2.93. The van der Waals surface area contributed by atoms with Crippen LogP contribution in [-0.2, 0) is 19.6 Å². The summed E-state index contributed by atoms with van der Waals surface area (Å²) in [5, 5.41) is 2.74. The third kappa shape index (κ3) is 5.55. The summed E-state index contributed by atoms with van der Waals surface area (Å²) in [5.41, 5.74) is 2.57. The van der Waals surface area contributed by atoms with Gasteiger partial charge in [-0.25, -0.2) is 8.42 Å². The van der Waals surface area contributed by atoms with E-state index in [-0.39, 0.29) is 12.5 Å². The van der Waals surface area contributed by atoms with Crippen LogP contribution in [0.5, 0.6) is 5.75 Å². The number of hydrogen-bond acceptors (Lipinski definition) is 5. The highest BCUT2D eigenvalue weighted by Crippen LogP contribution is 2.28. The van der Waals surface area contributed by atoms with E-state index in [1.54, 1.807) is 47.4 Å². The molecule has 0 aliphatic carbocycles. The second-order valence-electron chi connectivity index (χ2n) is 7.40. The Morgan fingerprint density at radius 2 is 2.00 bits per heavy atom. The lowest BCUT2D eigenvalue weighted by Gasteiger charge is -2.23. The molecule has 8 nitrogen and oxygen atoms in total. The lowest BCUT2D eigenvalue weighted by Crippen LogP contribution is -2.37. The summed E-state index contributed by atoms with van der Waals surface area (Å²) in [5.74, 6) is 0.145. The molecule has 0 spiro atoms. The van der Waals surface area contributed by atoms with E-state index in [0.29, 0.717) is 36.7 Å². The van der Waals surface area contributed by atoms with Gasteiger partial charge in [0.15, 0.2) is 0 Å². The molecule has 0 aromatic heterocycles. The van der Waals surface area contributed by atoms with Crippen molar-refractivity contribution in [1.29, 1.82) is 0 Å². The van der Waals surface area contributed by atoms with Crippen molar-refractivity contribution >= 4 is 38.9 Å². The van der Waals surface area contributed by atoms with Crippen LogP contribution in [0.25, 0.3) is 0 Å². The summed E-state index contributed by atoms with van der Waals surface area (Å²) >= 11 is 0. The van der Waals surface area contributed by atoms with Gasteiger partial charge in [-0.1, -0.05) is 6.07 Å². The number of nitrogens with one attached hydrogen (secondary N) is 1. The summed E-state index contributed by atoms with van der Waals surface area (Å²) < 4.78 is 31.1. The smallest absolute Gasteiger partial charge is 0.245 e. The van der Waals surface area contributed by atoms with E-state index < -0.39 is 15.9 Å². The zero-order chi connectivity index (χ0) is 22.6. The highest BCUT2D eigenvalue weighted by molar-refractivity contribution is 7.92. The molecule has 1 aliphatic heterocycles. The van der Waals surface area contributed by atoms with Crippen LogP contribution < -0.4 is 19.3 Å². The number of aryl methyl sites for hydroxylation is 1. The molecule has 0 atom stereocenters. The lowest BCUT2D eigenvalue weighted by molar-refractivity contribution is -0.117. The van der Waals surface area contributed by atoms with Gasteiger partial charge in [0, 0.05) is 30.4 Å². The maximum Gasteiger partial charge on any atom is 0.245 e. The van der Waals surface area contributed by atoms with Gasteiger partial charge < -0.3 is 15.0 Å². The monoisotopic (exact) mass is 445 g/mol. The Labute approximate surface area is 182 Å². The number of sulfonamides is 1. The summed E-state index contributed by atoms with van der Waals surface area (Å²) in [4.78, 5) is 26.4. The van der Waals surface area contributed by atoms with E-state index in [4.69, 9.17) is 4.74 Å². The average Bonchev–Trinajstić information content (AvgIpc) is 3.11. The molecule has 9 heteroatoms. The summed E-state index contributed by atoms with van der Waals surface area (Å²) in [7, 11) is -3.70. The summed E-state index contributed by atoms with van der Waals surface area (Å²) in [6.45, 7) is 4.47. The molecule has 3 rings (SSSR count). The molecule has 2 aromatic rings. The number of nitrogens with zero attached hydrogens (tertiary/aromatic N) is 2. The lowest BCUT2D eigenvalue weighted by atomic mass is 10.1. The first-order chi connectivity index (χ1) is 14.7. The number of ether oxygens (including phenoxy) is 1. The molecule has 1 heterocycles. The fourth-order valence-corrected chi connectivity index (χ4v) is 4.41. The Morgan fingerprint density at radius 3 is 2.61 bits per heavy atom. The fourth-order valence-electron chi connectivity index (χ4n) is 3.56. The average molecular weight is 446 g/mol. The fraction of sp³-hybridized carbons (Fsp3) is 0.364. The van der Waals surface area contributed by atoms with Crippen molar-refractivity contribution in [3.05, 3.63) is 48.0 Å². The minimum atomic E-state index is -3.70. The van der Waals surface area contributed by atoms with Gasteiger partial charge in [0.05, 0.1) is 18.6 Å². The largest absolute Gasteiger partial charge is 0.494 e. The molecule has 2 amide bonds. The van der Waals surface area contributed by atoms with Crippen LogP contribution >= 0.6 is 0 Å². The van der Waals surface area contributed by atoms with Crippen molar-refractivity contribution in [2.45, 2.75) is 26.7 Å². The van der Waals surface area contributed by atoms with E-state index in [2.05, 4.69) is 5.32 Å². The van der Waals surface area contributed by atoms with E-state index >= 15 is 0 Å². The van der Waals surface area contributed by atoms with Crippen molar-refractivity contribution in [1.82, 2.24) is 0 Å². The number of benzene rings is 2. The van der Waals surface area contributed by atoms with Gasteiger partial charge in [-0.3, -0.25) is 13.9 Å². The summed E-state index contributed by atoms with van der Waals surface area (Å²) in [6.07, 6.45) is 2.44. The van der Waals surface area contributed by atoms with Gasteiger partial charge in [-0.15, -0.1) is 0 Å². The van der Waals surface area contributed by atoms with E-state index in [1.165, 1.54) is 0 Å². The standard InChI is InChI=1S/C22H27N3O5S/c1-4-30-19-8-5-7-18(14-19)25(31(3,28)29)15-21(26)23-17-10-11-20(16(2)13-17)24-12-6-9-22(24)27/h5,7-8,10-11,13-14H,4,6,9,12,15H2,1-3H3,(H,23,26). The number of carbonyl (C=O) groups is 2. The molecule has 2 aromatic carbocycles. The number of hydrogen-bond donors (Lipinski definition) is 1. The van der Waals surface area contributed by atoms with Crippen LogP contribution in [0.15, 0.2) is 42.5 Å². The first kappa shape index (κ1) is 22.6. The molecular weight excluding hydrogens is 418 g/mol. The van der Waals surface area contributed by atoms with Gasteiger partial charge in [0.2, 0.25) is 21.8 Å². The minimum absolute atomic E-state index is 0.0953. The molecule has 0 radical (unpaired) electrons. The highest BCUT2D eigenvalue weighted by Gasteiger charge is 2.24. The third-order valence-electron chi connectivity index (χ3n) is 4.95. The van der Waals surface area contributed by atoms with E-state index in [0.717, 1.165) is 28.2 Å². The van der Waals surface area contributed by atoms with E-state index in [9.17, 15) is 18.0 Å². The quantitative estimate of drug-likeness (QED) is 0.674. The van der Waals surface area contributed by atoms with Crippen molar-refractivity contribution in [3.63, 3.8) is 0 Å². The minimum Gasteiger partial charge on any atom is -0.494 e. The van der Waals surface area contributed by atoms with Crippen molar-refractivity contribution in [2.24, 2.45) is 0 Å². The Morgan fingerprint density at radius 1 is 1.23 bits per heavy atom. The number of anilines is 3. The zero-order valence-corrected chi connectivity index (χ0v) is 18.7. The van der Waals surface area contributed by atoms with Gasteiger partial charge in [-0.2, -0.15) is 0 Å². The van der Waals surface area contributed by atoms with Gasteiger partial charge >= 0.3 is 0 Å². The van der Waals surface area contributed by atoms with Gasteiger partial charge in [-0.05, 0) is 56.2 Å². The molecule has 1 aliphatic rings. The topological polar surface area (TPSA) is 96.0 Å². The molecule has 166 valence electrons. The number of amides is 2. The maximum atomic E-state index is 12.6. The molecule has 31 heavy (non-hydrogen) atoms. The summed E-state index contributed by atoms with van der Waals surface area (Å²) in [6, 6.07) is 11.9. The first-order valence-corrected chi connectivity index (χ1v) is 12.0. The Bertz CT molecular complexity index is 1080. The van der Waals surface area contributed by atoms with Crippen LogP contribution in [0.3, 0.4) is 0 Å². The molecule has 1 fully saturated rings. The third-order valence-corrected chi connectivity index (χ3v) is 6.09. The molecule has 0 saturated carbocycles. The van der Waals surface area contributed by atoms with Crippen LogP contribution in [0, 0.1) is 6.92 Å². The SMILES string of the molecule is CCOc1cccc(N(CC(=O)Nc2ccc(N3CCCC3=O)c(C)c2)S(C)(=O)=O)c1.